The minimum atomic E-state index is -0.472. The van der Waals surface area contributed by atoms with Gasteiger partial charge < -0.3 is 16.0 Å². The number of likely N-dealkylation sites (tertiary alicyclic amines) is 1. The molecule has 0 saturated carbocycles. The number of piperidine rings is 1. The summed E-state index contributed by atoms with van der Waals surface area (Å²) in [7, 11) is 0. The van der Waals surface area contributed by atoms with Gasteiger partial charge in [0.15, 0.2) is 0 Å². The van der Waals surface area contributed by atoms with E-state index >= 15 is 0 Å². The second kappa shape index (κ2) is 7.78. The zero-order chi connectivity index (χ0) is 18.8. The Labute approximate surface area is 158 Å². The summed E-state index contributed by atoms with van der Waals surface area (Å²) in [6, 6.07) is 0. The van der Waals surface area contributed by atoms with Crippen molar-refractivity contribution < 1.29 is 14.4 Å². The molecule has 1 aliphatic carbocycles. The molecule has 1 fully saturated rings. The Bertz CT molecular complexity index is 726. The van der Waals surface area contributed by atoms with E-state index < -0.39 is 5.91 Å². The van der Waals surface area contributed by atoms with Gasteiger partial charge >= 0.3 is 0 Å². The molecule has 0 aromatic carbocycles. The number of amides is 3. The van der Waals surface area contributed by atoms with Crippen molar-refractivity contribution >= 4 is 34.1 Å². The number of thiophene rings is 1. The fourth-order valence-corrected chi connectivity index (χ4v) is 5.18. The number of fused-ring (bicyclic) bond motifs is 1. The van der Waals surface area contributed by atoms with E-state index in [-0.39, 0.29) is 23.7 Å². The zero-order valence-corrected chi connectivity index (χ0v) is 16.3. The van der Waals surface area contributed by atoms with Gasteiger partial charge in [0.2, 0.25) is 11.8 Å². The lowest BCUT2D eigenvalue weighted by Gasteiger charge is -2.33. The van der Waals surface area contributed by atoms with E-state index in [9.17, 15) is 14.4 Å². The van der Waals surface area contributed by atoms with Crippen LogP contribution in [-0.4, -0.2) is 35.7 Å². The van der Waals surface area contributed by atoms with E-state index in [1.54, 1.807) is 4.90 Å². The summed E-state index contributed by atoms with van der Waals surface area (Å²) in [4.78, 5) is 39.9. The highest BCUT2D eigenvalue weighted by molar-refractivity contribution is 7.17. The van der Waals surface area contributed by atoms with Gasteiger partial charge in [-0.05, 0) is 44.1 Å². The molecule has 0 spiro atoms. The second-order valence-corrected chi connectivity index (χ2v) is 8.65. The zero-order valence-electron chi connectivity index (χ0n) is 15.5. The van der Waals surface area contributed by atoms with Gasteiger partial charge in [0, 0.05) is 23.9 Å². The summed E-state index contributed by atoms with van der Waals surface area (Å²) in [6.07, 6.45) is 5.52. The van der Waals surface area contributed by atoms with Crippen molar-refractivity contribution in [3.05, 3.63) is 16.0 Å². The molecular weight excluding hydrogens is 350 g/mol. The lowest BCUT2D eigenvalue weighted by atomic mass is 9.94. The Balaban J connectivity index is 1.75. The number of anilines is 1. The molecule has 1 aromatic heterocycles. The fourth-order valence-electron chi connectivity index (χ4n) is 3.89. The first kappa shape index (κ1) is 18.9. The van der Waals surface area contributed by atoms with Crippen LogP contribution in [0.3, 0.4) is 0 Å². The summed E-state index contributed by atoms with van der Waals surface area (Å²) >= 11 is 1.48. The number of carbonyl (C=O) groups excluding carboxylic acids is 3. The van der Waals surface area contributed by atoms with Gasteiger partial charge in [-0.15, -0.1) is 11.3 Å². The van der Waals surface area contributed by atoms with E-state index in [4.69, 9.17) is 5.73 Å². The van der Waals surface area contributed by atoms with E-state index in [1.807, 2.05) is 13.8 Å². The highest BCUT2D eigenvalue weighted by atomic mass is 32.1. The maximum absolute atomic E-state index is 12.8. The third-order valence-corrected chi connectivity index (χ3v) is 6.46. The number of primary amides is 1. The van der Waals surface area contributed by atoms with E-state index in [0.717, 1.165) is 44.1 Å². The van der Waals surface area contributed by atoms with Crippen LogP contribution in [0.15, 0.2) is 0 Å². The average Bonchev–Trinajstić information content (AvgIpc) is 2.99. The summed E-state index contributed by atoms with van der Waals surface area (Å²) in [5.74, 6) is -0.812. The molecule has 2 aliphatic rings. The Morgan fingerprint density at radius 1 is 1.19 bits per heavy atom. The topological polar surface area (TPSA) is 92.5 Å². The minimum absolute atomic E-state index is 0.0673. The monoisotopic (exact) mass is 377 g/mol. The van der Waals surface area contributed by atoms with Gasteiger partial charge in [0.25, 0.3) is 5.91 Å². The van der Waals surface area contributed by atoms with Crippen LogP contribution in [0.2, 0.25) is 0 Å². The molecule has 142 valence electrons. The van der Waals surface area contributed by atoms with E-state index in [0.29, 0.717) is 23.7 Å². The SMILES string of the molecule is CC(C)C(=O)N1CCCC(C(=O)Nc2sc3c(c2C(N)=O)CCCC3)C1. The lowest BCUT2D eigenvalue weighted by molar-refractivity contribution is -0.137. The Hall–Kier alpha value is -1.89. The first-order valence-corrected chi connectivity index (χ1v) is 10.2. The number of hydrogen-bond donors (Lipinski definition) is 2. The standard InChI is InChI=1S/C19H27N3O3S/c1-11(2)19(25)22-9-5-6-12(10-22)17(24)21-18-15(16(20)23)13-7-3-4-8-14(13)26-18/h11-12H,3-10H2,1-2H3,(H2,20,23)(H,21,24). The van der Waals surface area contributed by atoms with E-state index in [1.165, 1.54) is 16.2 Å². The fraction of sp³-hybridized carbons (Fsp3) is 0.632. The molecule has 1 atom stereocenters. The van der Waals surface area contributed by atoms with Crippen LogP contribution in [-0.2, 0) is 22.4 Å². The first-order valence-electron chi connectivity index (χ1n) is 9.42. The summed E-state index contributed by atoms with van der Waals surface area (Å²) in [5.41, 5.74) is 7.10. The molecule has 3 rings (SSSR count). The third kappa shape index (κ3) is 3.77. The van der Waals surface area contributed by atoms with Crippen LogP contribution < -0.4 is 11.1 Å². The van der Waals surface area contributed by atoms with Crippen LogP contribution in [0.5, 0.6) is 0 Å². The second-order valence-electron chi connectivity index (χ2n) is 7.55. The van der Waals surface area contributed by atoms with Gasteiger partial charge in [-0.1, -0.05) is 13.8 Å². The predicted octanol–water partition coefficient (Wildman–Crippen LogP) is 2.56. The Morgan fingerprint density at radius 3 is 2.62 bits per heavy atom. The first-order chi connectivity index (χ1) is 12.4. The number of nitrogens with two attached hydrogens (primary N) is 1. The number of aryl methyl sites for hydroxylation is 1. The van der Waals surface area contributed by atoms with Gasteiger partial charge in [-0.2, -0.15) is 0 Å². The van der Waals surface area contributed by atoms with Crippen molar-refractivity contribution in [3.8, 4) is 0 Å². The smallest absolute Gasteiger partial charge is 0.251 e. The number of rotatable bonds is 4. The molecule has 26 heavy (non-hydrogen) atoms. The Kier molecular flexibility index (Phi) is 5.65. The highest BCUT2D eigenvalue weighted by Gasteiger charge is 2.31. The molecule has 1 aliphatic heterocycles. The normalized spacial score (nSPS) is 20.0. The van der Waals surface area contributed by atoms with Crippen LogP contribution >= 0.6 is 11.3 Å². The summed E-state index contributed by atoms with van der Waals surface area (Å²) < 4.78 is 0. The molecule has 3 N–H and O–H groups in total. The molecule has 3 amide bonds. The predicted molar refractivity (Wildman–Crippen MR) is 102 cm³/mol. The molecule has 0 radical (unpaired) electrons. The number of carbonyl (C=O) groups is 3. The summed E-state index contributed by atoms with van der Waals surface area (Å²) in [5, 5.41) is 3.53. The van der Waals surface area contributed by atoms with Crippen molar-refractivity contribution in [1.29, 1.82) is 0 Å². The van der Waals surface area contributed by atoms with E-state index in [2.05, 4.69) is 5.32 Å². The quantitative estimate of drug-likeness (QED) is 0.844. The summed E-state index contributed by atoms with van der Waals surface area (Å²) in [6.45, 7) is 4.91. The molecule has 7 heteroatoms. The maximum atomic E-state index is 12.8. The maximum Gasteiger partial charge on any atom is 0.251 e. The third-order valence-electron chi connectivity index (χ3n) is 5.25. The molecule has 6 nitrogen and oxygen atoms in total. The molecule has 1 saturated heterocycles. The van der Waals surface area contributed by atoms with Gasteiger partial charge in [-0.25, -0.2) is 0 Å². The number of nitrogens with zero attached hydrogens (tertiary/aromatic N) is 1. The van der Waals surface area contributed by atoms with Crippen LogP contribution in [0.25, 0.3) is 0 Å². The molecule has 2 heterocycles. The van der Waals surface area contributed by atoms with Crippen molar-refractivity contribution in [2.24, 2.45) is 17.6 Å². The van der Waals surface area contributed by atoms with Crippen molar-refractivity contribution in [2.75, 3.05) is 18.4 Å². The van der Waals surface area contributed by atoms with Crippen LogP contribution in [0.1, 0.15) is 60.3 Å². The van der Waals surface area contributed by atoms with Crippen LogP contribution in [0, 0.1) is 11.8 Å². The highest BCUT2D eigenvalue weighted by Crippen LogP contribution is 2.38. The number of hydrogen-bond acceptors (Lipinski definition) is 4. The lowest BCUT2D eigenvalue weighted by Crippen LogP contribution is -2.45. The van der Waals surface area contributed by atoms with Crippen molar-refractivity contribution in [1.82, 2.24) is 4.90 Å². The Morgan fingerprint density at radius 2 is 1.92 bits per heavy atom. The molecule has 1 unspecified atom stereocenters. The van der Waals surface area contributed by atoms with Gasteiger partial charge in [0.1, 0.15) is 5.00 Å². The molecular formula is C19H27N3O3S. The largest absolute Gasteiger partial charge is 0.365 e. The number of nitrogens with one attached hydrogen (secondary N) is 1. The van der Waals surface area contributed by atoms with Gasteiger partial charge in [0.05, 0.1) is 11.5 Å². The van der Waals surface area contributed by atoms with Gasteiger partial charge in [-0.3, -0.25) is 14.4 Å². The molecule has 1 aromatic rings. The average molecular weight is 378 g/mol. The van der Waals surface area contributed by atoms with Crippen molar-refractivity contribution in [2.45, 2.75) is 52.4 Å². The minimum Gasteiger partial charge on any atom is -0.365 e. The van der Waals surface area contributed by atoms with Crippen molar-refractivity contribution in [3.63, 3.8) is 0 Å². The molecule has 0 bridgehead atoms. The van der Waals surface area contributed by atoms with Crippen LogP contribution in [0.4, 0.5) is 5.00 Å².